The second-order valence-electron chi connectivity index (χ2n) is 5.64. The van der Waals surface area contributed by atoms with Crippen molar-refractivity contribution in [1.82, 2.24) is 0 Å². The van der Waals surface area contributed by atoms with Crippen LogP contribution in [0.25, 0.3) is 0 Å². The molecule has 0 amide bonds. The molecule has 3 rings (SSSR count). The Morgan fingerprint density at radius 3 is 2.81 bits per heavy atom. The highest BCUT2D eigenvalue weighted by Crippen LogP contribution is 2.35. The van der Waals surface area contributed by atoms with Crippen LogP contribution in [0.15, 0.2) is 36.4 Å². The van der Waals surface area contributed by atoms with Crippen LogP contribution in [0.4, 0.5) is 10.1 Å². The van der Waals surface area contributed by atoms with Gasteiger partial charge in [-0.2, -0.15) is 0 Å². The maximum Gasteiger partial charge on any atom is 0.146 e. The van der Waals surface area contributed by atoms with Gasteiger partial charge in [-0.15, -0.1) is 0 Å². The summed E-state index contributed by atoms with van der Waals surface area (Å²) in [6.45, 7) is 1.90. The van der Waals surface area contributed by atoms with E-state index in [0.717, 1.165) is 30.6 Å². The Kier molecular flexibility index (Phi) is 3.82. The van der Waals surface area contributed by atoms with Crippen LogP contribution in [-0.2, 0) is 6.42 Å². The van der Waals surface area contributed by atoms with Gasteiger partial charge in [-0.05, 0) is 67.1 Å². The molecule has 3 heteroatoms. The molecule has 1 aliphatic rings. The van der Waals surface area contributed by atoms with E-state index in [1.165, 1.54) is 11.1 Å². The lowest BCUT2D eigenvalue weighted by Crippen LogP contribution is -2.18. The summed E-state index contributed by atoms with van der Waals surface area (Å²) in [5.74, 6) is 0.701. The minimum atomic E-state index is -0.185. The van der Waals surface area contributed by atoms with Crippen LogP contribution in [-0.4, -0.2) is 7.11 Å². The van der Waals surface area contributed by atoms with Gasteiger partial charge in [0, 0.05) is 0 Å². The molecule has 1 unspecified atom stereocenters. The van der Waals surface area contributed by atoms with Gasteiger partial charge < -0.3 is 10.1 Å². The highest BCUT2D eigenvalue weighted by atomic mass is 19.1. The van der Waals surface area contributed by atoms with Gasteiger partial charge in [0.25, 0.3) is 0 Å². The topological polar surface area (TPSA) is 21.3 Å². The third kappa shape index (κ3) is 2.87. The number of benzene rings is 2. The molecule has 0 heterocycles. The van der Waals surface area contributed by atoms with Crippen molar-refractivity contribution < 1.29 is 9.13 Å². The van der Waals surface area contributed by atoms with Crippen LogP contribution in [0.5, 0.6) is 5.75 Å². The fraction of sp³-hybridized carbons (Fsp3) is 0.333. The Bertz CT molecular complexity index is 654. The standard InChI is InChI=1S/C18H20FNO/c1-12-6-9-18(16(19)10-12)20-17-5-3-4-13-11-14(21-2)7-8-15(13)17/h6-11,17,20H,3-5H2,1-2H3. The predicted octanol–water partition coefficient (Wildman–Crippen LogP) is 4.63. The van der Waals surface area contributed by atoms with Gasteiger partial charge in [-0.25, -0.2) is 4.39 Å². The summed E-state index contributed by atoms with van der Waals surface area (Å²) >= 11 is 0. The van der Waals surface area contributed by atoms with Gasteiger partial charge in [0.15, 0.2) is 0 Å². The predicted molar refractivity (Wildman–Crippen MR) is 83.4 cm³/mol. The molecule has 0 aliphatic heterocycles. The molecule has 1 N–H and O–H groups in total. The molecular formula is C18H20FNO. The number of methoxy groups -OCH3 is 1. The maximum absolute atomic E-state index is 14.0. The van der Waals surface area contributed by atoms with E-state index in [1.54, 1.807) is 13.2 Å². The number of hydrogen-bond acceptors (Lipinski definition) is 2. The Labute approximate surface area is 125 Å². The van der Waals surface area contributed by atoms with E-state index in [4.69, 9.17) is 4.74 Å². The molecule has 0 bridgehead atoms. The number of aryl methyl sites for hydroxylation is 2. The highest BCUT2D eigenvalue weighted by Gasteiger charge is 2.21. The fourth-order valence-electron chi connectivity index (χ4n) is 2.99. The summed E-state index contributed by atoms with van der Waals surface area (Å²) in [7, 11) is 1.68. The average Bonchev–Trinajstić information content (AvgIpc) is 2.49. The van der Waals surface area contributed by atoms with Crippen molar-refractivity contribution in [2.45, 2.75) is 32.2 Å². The summed E-state index contributed by atoms with van der Waals surface area (Å²) in [5.41, 5.74) is 4.06. The number of ether oxygens (including phenoxy) is 1. The van der Waals surface area contributed by atoms with Crippen molar-refractivity contribution >= 4 is 5.69 Å². The number of halogens is 1. The van der Waals surface area contributed by atoms with E-state index in [1.807, 2.05) is 25.1 Å². The Morgan fingerprint density at radius 1 is 1.19 bits per heavy atom. The second kappa shape index (κ2) is 5.76. The number of anilines is 1. The SMILES string of the molecule is COc1ccc2c(c1)CCCC2Nc1ccc(C)cc1F. The van der Waals surface area contributed by atoms with Crippen LogP contribution in [0.1, 0.15) is 35.6 Å². The Balaban J connectivity index is 1.88. The summed E-state index contributed by atoms with van der Waals surface area (Å²) in [4.78, 5) is 0. The van der Waals surface area contributed by atoms with Gasteiger partial charge in [-0.1, -0.05) is 12.1 Å². The van der Waals surface area contributed by atoms with Gasteiger partial charge in [0.05, 0.1) is 18.8 Å². The summed E-state index contributed by atoms with van der Waals surface area (Å²) in [6.07, 6.45) is 3.18. The lowest BCUT2D eigenvalue weighted by atomic mass is 9.87. The first-order valence-corrected chi connectivity index (χ1v) is 7.37. The zero-order chi connectivity index (χ0) is 14.8. The molecule has 0 spiro atoms. The monoisotopic (exact) mass is 285 g/mol. The molecule has 1 aliphatic carbocycles. The molecule has 1 atom stereocenters. The first-order chi connectivity index (χ1) is 10.2. The van der Waals surface area contributed by atoms with Crippen LogP contribution >= 0.6 is 0 Å². The van der Waals surface area contributed by atoms with E-state index in [0.29, 0.717) is 5.69 Å². The average molecular weight is 285 g/mol. The quantitative estimate of drug-likeness (QED) is 0.887. The molecule has 0 radical (unpaired) electrons. The molecule has 21 heavy (non-hydrogen) atoms. The maximum atomic E-state index is 14.0. The fourth-order valence-corrected chi connectivity index (χ4v) is 2.99. The lowest BCUT2D eigenvalue weighted by molar-refractivity contribution is 0.413. The number of rotatable bonds is 3. The van der Waals surface area contributed by atoms with Crippen LogP contribution in [0, 0.1) is 12.7 Å². The molecule has 0 saturated heterocycles. The smallest absolute Gasteiger partial charge is 0.146 e. The van der Waals surface area contributed by atoms with Gasteiger partial charge in [-0.3, -0.25) is 0 Å². The molecule has 2 aromatic rings. The van der Waals surface area contributed by atoms with E-state index >= 15 is 0 Å². The Hall–Kier alpha value is -2.03. The lowest BCUT2D eigenvalue weighted by Gasteiger charge is -2.28. The molecule has 0 saturated carbocycles. The summed E-state index contributed by atoms with van der Waals surface area (Å²) < 4.78 is 19.3. The van der Waals surface area contributed by atoms with Crippen LogP contribution < -0.4 is 10.1 Å². The van der Waals surface area contributed by atoms with E-state index in [-0.39, 0.29) is 11.9 Å². The largest absolute Gasteiger partial charge is 0.497 e. The van der Waals surface area contributed by atoms with Gasteiger partial charge in [0.1, 0.15) is 11.6 Å². The molecule has 110 valence electrons. The van der Waals surface area contributed by atoms with Crippen molar-refractivity contribution in [3.63, 3.8) is 0 Å². The zero-order valence-corrected chi connectivity index (χ0v) is 12.4. The number of fused-ring (bicyclic) bond motifs is 1. The van der Waals surface area contributed by atoms with Crippen molar-refractivity contribution in [1.29, 1.82) is 0 Å². The van der Waals surface area contributed by atoms with E-state index in [9.17, 15) is 4.39 Å². The molecule has 0 aromatic heterocycles. The number of hydrogen-bond donors (Lipinski definition) is 1. The van der Waals surface area contributed by atoms with E-state index < -0.39 is 0 Å². The molecule has 2 nitrogen and oxygen atoms in total. The third-order valence-electron chi connectivity index (χ3n) is 4.12. The molecular weight excluding hydrogens is 265 g/mol. The minimum Gasteiger partial charge on any atom is -0.497 e. The van der Waals surface area contributed by atoms with E-state index in [2.05, 4.69) is 17.4 Å². The normalized spacial score (nSPS) is 17.2. The number of nitrogens with one attached hydrogen (secondary N) is 1. The van der Waals surface area contributed by atoms with Gasteiger partial charge in [0.2, 0.25) is 0 Å². The van der Waals surface area contributed by atoms with Gasteiger partial charge >= 0.3 is 0 Å². The summed E-state index contributed by atoms with van der Waals surface area (Å²) in [5, 5.41) is 3.35. The second-order valence-corrected chi connectivity index (χ2v) is 5.64. The molecule has 2 aromatic carbocycles. The molecule has 0 fully saturated rings. The zero-order valence-electron chi connectivity index (χ0n) is 12.4. The Morgan fingerprint density at radius 2 is 2.05 bits per heavy atom. The highest BCUT2D eigenvalue weighted by molar-refractivity contribution is 5.50. The third-order valence-corrected chi connectivity index (χ3v) is 4.12. The van der Waals surface area contributed by atoms with Crippen LogP contribution in [0.3, 0.4) is 0 Å². The van der Waals surface area contributed by atoms with Crippen molar-refractivity contribution in [3.8, 4) is 5.75 Å². The first-order valence-electron chi connectivity index (χ1n) is 7.37. The van der Waals surface area contributed by atoms with Crippen molar-refractivity contribution in [2.24, 2.45) is 0 Å². The first kappa shape index (κ1) is 13.9. The van der Waals surface area contributed by atoms with Crippen LogP contribution in [0.2, 0.25) is 0 Å². The van der Waals surface area contributed by atoms with Crippen molar-refractivity contribution in [2.75, 3.05) is 12.4 Å². The minimum absolute atomic E-state index is 0.164. The summed E-state index contributed by atoms with van der Waals surface area (Å²) in [6, 6.07) is 11.7. The van der Waals surface area contributed by atoms with Crippen molar-refractivity contribution in [3.05, 3.63) is 58.9 Å².